The third kappa shape index (κ3) is 4.65. The van der Waals surface area contributed by atoms with E-state index in [1.54, 1.807) is 6.92 Å². The topological polar surface area (TPSA) is 35.5 Å². The zero-order valence-electron chi connectivity index (χ0n) is 9.79. The number of carbonyl (C=O) groups is 1. The summed E-state index contributed by atoms with van der Waals surface area (Å²) in [4.78, 5) is 11.0. The highest BCUT2D eigenvalue weighted by molar-refractivity contribution is 5.69. The van der Waals surface area contributed by atoms with E-state index in [1.807, 2.05) is 0 Å². The quantitative estimate of drug-likeness (QED) is 0.765. The molecule has 0 bridgehead atoms. The van der Waals surface area contributed by atoms with Crippen molar-refractivity contribution in [3.05, 3.63) is 29.8 Å². The van der Waals surface area contributed by atoms with E-state index < -0.39 is 17.7 Å². The Labute approximate surface area is 103 Å². The molecule has 0 fully saturated rings. The maximum atomic E-state index is 12.3. The van der Waals surface area contributed by atoms with Crippen molar-refractivity contribution >= 4 is 5.97 Å². The van der Waals surface area contributed by atoms with Gasteiger partial charge in [0.15, 0.2) is 0 Å². The number of hydrogen-bond donors (Lipinski definition) is 0. The van der Waals surface area contributed by atoms with Crippen LogP contribution in [-0.2, 0) is 15.7 Å². The zero-order valence-corrected chi connectivity index (χ0v) is 9.79. The maximum Gasteiger partial charge on any atom is 0.416 e. The molecule has 0 atom stereocenters. The molecule has 100 valence electrons. The number of esters is 1. The molecule has 0 radical (unpaired) electrons. The molecule has 0 N–H and O–H groups in total. The molecule has 0 aliphatic rings. The van der Waals surface area contributed by atoms with Gasteiger partial charge in [0.25, 0.3) is 0 Å². The monoisotopic (exact) mass is 262 g/mol. The number of alkyl halides is 3. The van der Waals surface area contributed by atoms with E-state index in [4.69, 9.17) is 4.74 Å². The molecule has 18 heavy (non-hydrogen) atoms. The average Bonchev–Trinajstić information content (AvgIpc) is 2.29. The van der Waals surface area contributed by atoms with Gasteiger partial charge in [-0.1, -0.05) is 0 Å². The number of ether oxygens (including phenoxy) is 2. The minimum absolute atomic E-state index is 0.0643. The van der Waals surface area contributed by atoms with Gasteiger partial charge < -0.3 is 9.47 Å². The third-order valence-corrected chi connectivity index (χ3v) is 2.06. The second-order valence-electron chi connectivity index (χ2n) is 3.43. The molecule has 0 saturated carbocycles. The van der Waals surface area contributed by atoms with Crippen LogP contribution in [0.4, 0.5) is 13.2 Å². The molecule has 1 aromatic carbocycles. The van der Waals surface area contributed by atoms with E-state index in [0.29, 0.717) is 6.61 Å². The zero-order chi connectivity index (χ0) is 13.6. The van der Waals surface area contributed by atoms with Crippen molar-refractivity contribution in [2.45, 2.75) is 19.5 Å². The van der Waals surface area contributed by atoms with Crippen LogP contribution in [0.25, 0.3) is 0 Å². The van der Waals surface area contributed by atoms with Crippen molar-refractivity contribution in [1.29, 1.82) is 0 Å². The van der Waals surface area contributed by atoms with Crippen LogP contribution in [0.1, 0.15) is 18.9 Å². The van der Waals surface area contributed by atoms with Crippen LogP contribution in [0, 0.1) is 0 Å². The molecule has 0 amide bonds. The summed E-state index contributed by atoms with van der Waals surface area (Å²) < 4.78 is 46.6. The second kappa shape index (κ2) is 6.28. The van der Waals surface area contributed by atoms with E-state index in [2.05, 4.69) is 4.74 Å². The lowest BCUT2D eigenvalue weighted by Gasteiger charge is -2.08. The minimum atomic E-state index is -4.36. The van der Waals surface area contributed by atoms with Gasteiger partial charge in [-0.05, 0) is 31.2 Å². The molecule has 0 saturated heterocycles. The van der Waals surface area contributed by atoms with Gasteiger partial charge in [0.05, 0.1) is 25.2 Å². The smallest absolute Gasteiger partial charge is 0.416 e. The maximum absolute atomic E-state index is 12.3. The summed E-state index contributed by atoms with van der Waals surface area (Å²) in [6.07, 6.45) is -4.29. The first-order valence-corrected chi connectivity index (χ1v) is 5.39. The number of hydrogen-bond acceptors (Lipinski definition) is 3. The predicted molar refractivity (Wildman–Crippen MR) is 58.2 cm³/mol. The van der Waals surface area contributed by atoms with E-state index >= 15 is 0 Å². The molecular formula is C12H13F3O3. The van der Waals surface area contributed by atoms with Gasteiger partial charge in [-0.2, -0.15) is 13.2 Å². The van der Waals surface area contributed by atoms with Gasteiger partial charge in [0.2, 0.25) is 0 Å². The van der Waals surface area contributed by atoms with Crippen molar-refractivity contribution in [3.8, 4) is 5.75 Å². The van der Waals surface area contributed by atoms with Gasteiger partial charge in [-0.15, -0.1) is 0 Å². The highest BCUT2D eigenvalue weighted by atomic mass is 19.4. The van der Waals surface area contributed by atoms with Gasteiger partial charge in [0.1, 0.15) is 5.75 Å². The summed E-state index contributed by atoms with van der Waals surface area (Å²) in [7, 11) is 0. The Morgan fingerprint density at radius 3 is 2.33 bits per heavy atom. The van der Waals surface area contributed by atoms with Crippen LogP contribution >= 0.6 is 0 Å². The lowest BCUT2D eigenvalue weighted by molar-refractivity contribution is -0.143. The highest BCUT2D eigenvalue weighted by Gasteiger charge is 2.29. The summed E-state index contributed by atoms with van der Waals surface area (Å²) in [6, 6.07) is 4.29. The van der Waals surface area contributed by atoms with Crippen LogP contribution in [0.5, 0.6) is 5.75 Å². The molecule has 1 aromatic rings. The summed E-state index contributed by atoms with van der Waals surface area (Å²) >= 11 is 0. The number of benzene rings is 1. The molecule has 0 aromatic heterocycles. The lowest BCUT2D eigenvalue weighted by Crippen LogP contribution is -2.09. The standard InChI is InChI=1S/C12H13F3O3/c1-2-17-11(16)7-8-18-10-5-3-9(4-6-10)12(13,14)15/h3-6H,2,7-8H2,1H3. The Hall–Kier alpha value is -1.72. The summed E-state index contributed by atoms with van der Waals surface area (Å²) in [5.41, 5.74) is -0.736. The Morgan fingerprint density at radius 2 is 1.83 bits per heavy atom. The lowest BCUT2D eigenvalue weighted by atomic mass is 10.2. The van der Waals surface area contributed by atoms with E-state index in [1.165, 1.54) is 12.1 Å². The minimum Gasteiger partial charge on any atom is -0.493 e. The molecule has 1 rings (SSSR count). The number of halogens is 3. The van der Waals surface area contributed by atoms with Crippen LogP contribution in [-0.4, -0.2) is 19.2 Å². The molecule has 0 aliphatic heterocycles. The first-order valence-electron chi connectivity index (χ1n) is 5.39. The first-order chi connectivity index (χ1) is 8.43. The van der Waals surface area contributed by atoms with E-state index in [9.17, 15) is 18.0 Å². The molecule has 6 heteroatoms. The Kier molecular flexibility index (Phi) is 5.00. The van der Waals surface area contributed by atoms with E-state index in [-0.39, 0.29) is 18.8 Å². The van der Waals surface area contributed by atoms with Crippen molar-refractivity contribution < 1.29 is 27.4 Å². The fourth-order valence-electron chi connectivity index (χ4n) is 1.23. The molecular weight excluding hydrogens is 249 g/mol. The van der Waals surface area contributed by atoms with Gasteiger partial charge in [-0.3, -0.25) is 4.79 Å². The summed E-state index contributed by atoms with van der Waals surface area (Å²) in [5, 5.41) is 0. The highest BCUT2D eigenvalue weighted by Crippen LogP contribution is 2.30. The van der Waals surface area contributed by atoms with Crippen molar-refractivity contribution in [1.82, 2.24) is 0 Å². The molecule has 0 aliphatic carbocycles. The molecule has 0 spiro atoms. The Bertz CT molecular complexity index is 385. The molecule has 0 unspecified atom stereocenters. The van der Waals surface area contributed by atoms with Crippen LogP contribution < -0.4 is 4.74 Å². The van der Waals surface area contributed by atoms with E-state index in [0.717, 1.165) is 12.1 Å². The van der Waals surface area contributed by atoms with Crippen LogP contribution in [0.3, 0.4) is 0 Å². The van der Waals surface area contributed by atoms with Crippen molar-refractivity contribution in [2.24, 2.45) is 0 Å². The normalized spacial score (nSPS) is 11.1. The van der Waals surface area contributed by atoms with Crippen molar-refractivity contribution in [3.63, 3.8) is 0 Å². The first kappa shape index (κ1) is 14.3. The van der Waals surface area contributed by atoms with Gasteiger partial charge >= 0.3 is 12.1 Å². The summed E-state index contributed by atoms with van der Waals surface area (Å²) in [5.74, 6) is -0.114. The number of rotatable bonds is 5. The van der Waals surface area contributed by atoms with Crippen molar-refractivity contribution in [2.75, 3.05) is 13.2 Å². The van der Waals surface area contributed by atoms with Gasteiger partial charge in [-0.25, -0.2) is 0 Å². The van der Waals surface area contributed by atoms with Crippen LogP contribution in [0.2, 0.25) is 0 Å². The fourth-order valence-corrected chi connectivity index (χ4v) is 1.23. The Morgan fingerprint density at radius 1 is 1.22 bits per heavy atom. The molecule has 3 nitrogen and oxygen atoms in total. The SMILES string of the molecule is CCOC(=O)CCOc1ccc(C(F)(F)F)cc1. The van der Waals surface area contributed by atoms with Gasteiger partial charge in [0, 0.05) is 0 Å². The third-order valence-electron chi connectivity index (χ3n) is 2.06. The van der Waals surface area contributed by atoms with Crippen LogP contribution in [0.15, 0.2) is 24.3 Å². The fraction of sp³-hybridized carbons (Fsp3) is 0.417. The summed E-state index contributed by atoms with van der Waals surface area (Å²) in [6.45, 7) is 2.05. The second-order valence-corrected chi connectivity index (χ2v) is 3.43. The largest absolute Gasteiger partial charge is 0.493 e. The average molecular weight is 262 g/mol. The predicted octanol–water partition coefficient (Wildman–Crippen LogP) is 3.04. The number of carbonyl (C=O) groups excluding carboxylic acids is 1. The Balaban J connectivity index is 2.42. The molecule has 0 heterocycles.